The molecule has 1 aromatic carbocycles. The van der Waals surface area contributed by atoms with Gasteiger partial charge in [-0.15, -0.1) is 0 Å². The highest BCUT2D eigenvalue weighted by Gasteiger charge is 2.66. The number of carbonyl (C=O) groups excluding carboxylic acids is 2. The van der Waals surface area contributed by atoms with Crippen LogP contribution in [0.5, 0.6) is 0 Å². The van der Waals surface area contributed by atoms with Gasteiger partial charge in [0.2, 0.25) is 11.8 Å². The fourth-order valence-electron chi connectivity index (χ4n) is 3.99. The first-order valence-electron chi connectivity index (χ1n) is 8.05. The lowest BCUT2D eigenvalue weighted by molar-refractivity contribution is -0.154. The van der Waals surface area contributed by atoms with E-state index >= 15 is 0 Å². The van der Waals surface area contributed by atoms with Gasteiger partial charge in [0.15, 0.2) is 0 Å². The number of likely N-dealkylation sites (tertiary alicyclic amines) is 1. The van der Waals surface area contributed by atoms with Gasteiger partial charge in [-0.2, -0.15) is 5.26 Å². The Morgan fingerprint density at radius 3 is 2.61 bits per heavy atom. The molecule has 2 aliphatic heterocycles. The first-order valence-corrected chi connectivity index (χ1v) is 8.05. The van der Waals surface area contributed by atoms with Crippen LogP contribution in [-0.2, 0) is 9.59 Å². The van der Waals surface area contributed by atoms with E-state index in [1.54, 1.807) is 4.90 Å². The number of amides is 2. The summed E-state index contributed by atoms with van der Waals surface area (Å²) >= 11 is 0. The highest BCUT2D eigenvalue weighted by molar-refractivity contribution is 5.97. The Bertz CT molecular complexity index is 681. The maximum absolute atomic E-state index is 12.8. The molecule has 0 aromatic heterocycles. The number of nitrogens with one attached hydrogen (secondary N) is 1. The highest BCUT2D eigenvalue weighted by Crippen LogP contribution is 2.56. The third kappa shape index (κ3) is 2.13. The lowest BCUT2D eigenvalue weighted by atomic mass is 9.75. The minimum Gasteiger partial charge on any atom is -0.351 e. The average molecular weight is 311 g/mol. The average Bonchev–Trinajstić information content (AvgIpc) is 2.87. The summed E-state index contributed by atoms with van der Waals surface area (Å²) in [6.07, 6.45) is 1.50. The van der Waals surface area contributed by atoms with Crippen LogP contribution in [0.15, 0.2) is 30.3 Å². The van der Waals surface area contributed by atoms with Crippen molar-refractivity contribution < 1.29 is 9.59 Å². The molecule has 0 bridgehead atoms. The zero-order chi connectivity index (χ0) is 16.7. The molecular weight excluding hydrogens is 290 g/mol. The van der Waals surface area contributed by atoms with Crippen LogP contribution in [0.2, 0.25) is 0 Å². The van der Waals surface area contributed by atoms with Gasteiger partial charge in [0.1, 0.15) is 5.54 Å². The monoisotopic (exact) mass is 311 g/mol. The minimum atomic E-state index is -0.864. The zero-order valence-electron chi connectivity index (χ0n) is 13.5. The molecule has 2 heterocycles. The summed E-state index contributed by atoms with van der Waals surface area (Å²) in [5, 5.41) is 12.6. The van der Waals surface area contributed by atoms with Crippen LogP contribution in [0.25, 0.3) is 0 Å². The molecule has 0 radical (unpaired) electrons. The van der Waals surface area contributed by atoms with E-state index in [1.807, 2.05) is 44.2 Å². The summed E-state index contributed by atoms with van der Waals surface area (Å²) < 4.78 is 0. The summed E-state index contributed by atoms with van der Waals surface area (Å²) in [5.41, 5.74) is -0.725. The van der Waals surface area contributed by atoms with E-state index in [4.69, 9.17) is 0 Å². The Hall–Kier alpha value is -2.35. The molecule has 2 fully saturated rings. The SMILES string of the molecule is CCCC(=O)N1C(c2ccccc2)C(C)(C#N)CC12CNC2=O. The summed E-state index contributed by atoms with van der Waals surface area (Å²) in [6, 6.07) is 11.6. The van der Waals surface area contributed by atoms with E-state index in [9.17, 15) is 14.9 Å². The number of hydrogen-bond acceptors (Lipinski definition) is 3. The summed E-state index contributed by atoms with van der Waals surface area (Å²) in [5.74, 6) is -0.183. The molecule has 3 unspecified atom stereocenters. The maximum Gasteiger partial charge on any atom is 0.248 e. The number of β-lactam (4-membered cyclic amide) rings is 1. The quantitative estimate of drug-likeness (QED) is 0.869. The van der Waals surface area contributed by atoms with E-state index in [2.05, 4.69) is 11.4 Å². The van der Waals surface area contributed by atoms with Crippen molar-refractivity contribution in [3.05, 3.63) is 35.9 Å². The van der Waals surface area contributed by atoms with Gasteiger partial charge >= 0.3 is 0 Å². The second-order valence-electron chi connectivity index (χ2n) is 6.75. The smallest absolute Gasteiger partial charge is 0.248 e. The molecular formula is C18H21N3O2. The van der Waals surface area contributed by atoms with Gasteiger partial charge in [0, 0.05) is 12.8 Å². The van der Waals surface area contributed by atoms with Gasteiger partial charge in [-0.05, 0) is 18.9 Å². The van der Waals surface area contributed by atoms with Crippen molar-refractivity contribution in [2.75, 3.05) is 6.54 Å². The third-order valence-corrected chi connectivity index (χ3v) is 5.05. The lowest BCUT2D eigenvalue weighted by Gasteiger charge is -2.46. The van der Waals surface area contributed by atoms with Crippen molar-refractivity contribution in [3.8, 4) is 6.07 Å². The van der Waals surface area contributed by atoms with Crippen molar-refractivity contribution in [2.24, 2.45) is 5.41 Å². The number of nitrogens with zero attached hydrogens (tertiary/aromatic N) is 2. The summed E-state index contributed by atoms with van der Waals surface area (Å²) in [7, 11) is 0. The Balaban J connectivity index is 2.13. The molecule has 2 saturated heterocycles. The number of rotatable bonds is 3. The van der Waals surface area contributed by atoms with E-state index < -0.39 is 17.0 Å². The number of nitriles is 1. The molecule has 3 rings (SSSR count). The molecule has 0 saturated carbocycles. The first-order chi connectivity index (χ1) is 11.0. The molecule has 3 atom stereocenters. The normalized spacial score (nSPS) is 32.3. The maximum atomic E-state index is 12.8. The lowest BCUT2D eigenvalue weighted by Crippen LogP contribution is -2.71. The van der Waals surface area contributed by atoms with Crippen LogP contribution >= 0.6 is 0 Å². The molecule has 1 spiro atoms. The van der Waals surface area contributed by atoms with Crippen molar-refractivity contribution in [2.45, 2.75) is 44.7 Å². The van der Waals surface area contributed by atoms with E-state index in [0.717, 1.165) is 12.0 Å². The van der Waals surface area contributed by atoms with Gasteiger partial charge in [-0.25, -0.2) is 0 Å². The van der Waals surface area contributed by atoms with Gasteiger partial charge in [0.25, 0.3) is 0 Å². The van der Waals surface area contributed by atoms with Gasteiger partial charge < -0.3 is 10.2 Å². The minimum absolute atomic E-state index is 0.0461. The molecule has 0 aliphatic carbocycles. The molecule has 1 aromatic rings. The van der Waals surface area contributed by atoms with Crippen molar-refractivity contribution in [1.29, 1.82) is 5.26 Å². The largest absolute Gasteiger partial charge is 0.351 e. The predicted molar refractivity (Wildman–Crippen MR) is 85.0 cm³/mol. The van der Waals surface area contributed by atoms with Gasteiger partial charge in [-0.3, -0.25) is 9.59 Å². The molecule has 5 nitrogen and oxygen atoms in total. The second kappa shape index (κ2) is 5.38. The molecule has 1 N–H and O–H groups in total. The number of hydrogen-bond donors (Lipinski definition) is 1. The molecule has 120 valence electrons. The molecule has 5 heteroatoms. The van der Waals surface area contributed by atoms with Gasteiger partial charge in [-0.1, -0.05) is 37.3 Å². The van der Waals surface area contributed by atoms with Crippen molar-refractivity contribution >= 4 is 11.8 Å². The fourth-order valence-corrected chi connectivity index (χ4v) is 3.99. The summed E-state index contributed by atoms with van der Waals surface area (Å²) in [6.45, 7) is 4.24. The van der Waals surface area contributed by atoms with Crippen LogP contribution in [0.4, 0.5) is 0 Å². The summed E-state index contributed by atoms with van der Waals surface area (Å²) in [4.78, 5) is 26.9. The molecule has 2 aliphatic rings. The first kappa shape index (κ1) is 15.5. The standard InChI is InChI=1S/C18H21N3O2/c1-3-7-14(22)21-15(13-8-5-4-6-9-13)17(2,11-19)10-18(21)12-20-16(18)23/h4-6,8-9,15H,3,7,10,12H2,1-2H3,(H,20,23). The fraction of sp³-hybridized carbons (Fsp3) is 0.500. The molecule has 2 amide bonds. The number of carbonyl (C=O) groups is 2. The van der Waals surface area contributed by atoms with Crippen LogP contribution in [0.1, 0.15) is 44.7 Å². The van der Waals surface area contributed by atoms with Crippen molar-refractivity contribution in [1.82, 2.24) is 10.2 Å². The Labute approximate surface area is 136 Å². The second-order valence-corrected chi connectivity index (χ2v) is 6.75. The van der Waals surface area contributed by atoms with E-state index in [1.165, 1.54) is 0 Å². The number of benzene rings is 1. The Kier molecular flexibility index (Phi) is 3.63. The predicted octanol–water partition coefficient (Wildman–Crippen LogP) is 2.16. The van der Waals surface area contributed by atoms with Crippen molar-refractivity contribution in [3.63, 3.8) is 0 Å². The highest BCUT2D eigenvalue weighted by atomic mass is 16.2. The van der Waals surface area contributed by atoms with Crippen LogP contribution < -0.4 is 5.32 Å². The topological polar surface area (TPSA) is 73.2 Å². The Morgan fingerprint density at radius 2 is 2.13 bits per heavy atom. The third-order valence-electron chi connectivity index (χ3n) is 5.05. The van der Waals surface area contributed by atoms with Crippen LogP contribution in [-0.4, -0.2) is 28.8 Å². The molecule has 23 heavy (non-hydrogen) atoms. The van der Waals surface area contributed by atoms with Crippen LogP contribution in [0.3, 0.4) is 0 Å². The van der Waals surface area contributed by atoms with Crippen LogP contribution in [0, 0.1) is 16.7 Å². The zero-order valence-corrected chi connectivity index (χ0v) is 13.5. The van der Waals surface area contributed by atoms with E-state index in [-0.39, 0.29) is 11.8 Å². The van der Waals surface area contributed by atoms with Gasteiger partial charge in [0.05, 0.1) is 24.1 Å². The Morgan fingerprint density at radius 1 is 1.43 bits per heavy atom. The van der Waals surface area contributed by atoms with E-state index in [0.29, 0.717) is 19.4 Å².